The maximum Gasteiger partial charge on any atom is 0.251 e. The molecule has 0 aliphatic rings. The average molecular weight is 398 g/mol. The molecule has 29 heavy (non-hydrogen) atoms. The first kappa shape index (κ1) is 22.2. The average Bonchev–Trinajstić information content (AvgIpc) is 2.74. The first-order valence-corrected chi connectivity index (χ1v) is 9.61. The maximum absolute atomic E-state index is 12.3. The highest BCUT2D eigenvalue weighted by Crippen LogP contribution is 2.12. The van der Waals surface area contributed by atoms with Gasteiger partial charge < -0.3 is 25.6 Å². The van der Waals surface area contributed by atoms with Gasteiger partial charge in [-0.25, -0.2) is 0 Å². The molecule has 0 aliphatic carbocycles. The second-order valence-corrected chi connectivity index (χ2v) is 6.89. The summed E-state index contributed by atoms with van der Waals surface area (Å²) in [5.41, 5.74) is 2.76. The number of hydrogen-bond acceptors (Lipinski definition) is 4. The number of nitrogens with one attached hydrogen (secondary N) is 3. The lowest BCUT2D eigenvalue weighted by atomic mass is 10.1. The zero-order chi connectivity index (χ0) is 21.1. The summed E-state index contributed by atoms with van der Waals surface area (Å²) < 4.78 is 5.25. The van der Waals surface area contributed by atoms with E-state index < -0.39 is 0 Å². The van der Waals surface area contributed by atoms with E-state index >= 15 is 0 Å². The Balaban J connectivity index is 1.86. The van der Waals surface area contributed by atoms with Crippen LogP contribution in [0.2, 0.25) is 0 Å². The quantitative estimate of drug-likeness (QED) is 0.445. The second-order valence-electron chi connectivity index (χ2n) is 6.89. The Morgan fingerprint density at radius 3 is 2.28 bits per heavy atom. The highest BCUT2D eigenvalue weighted by atomic mass is 16.5. The van der Waals surface area contributed by atoms with Gasteiger partial charge in [0.25, 0.3) is 5.91 Å². The number of benzene rings is 2. The zero-order valence-corrected chi connectivity index (χ0v) is 17.7. The minimum atomic E-state index is -0.0609. The van der Waals surface area contributed by atoms with Gasteiger partial charge in [-0.1, -0.05) is 24.3 Å². The van der Waals surface area contributed by atoms with Crippen molar-refractivity contribution in [1.29, 1.82) is 0 Å². The van der Waals surface area contributed by atoms with Crippen molar-refractivity contribution in [3.8, 4) is 5.75 Å². The van der Waals surface area contributed by atoms with E-state index in [9.17, 15) is 4.79 Å². The van der Waals surface area contributed by atoms with E-state index in [2.05, 4.69) is 20.9 Å². The van der Waals surface area contributed by atoms with Crippen molar-refractivity contribution in [1.82, 2.24) is 20.9 Å². The standard InChI is InChI=1S/C22H31N5O2/c1-23-22(26-16-18-8-6-10-20(14-18)29-4)25-15-17-7-5-9-19(13-17)21(28)24-11-12-27(2)3/h5-10,13-14H,11-12,15-16H2,1-4H3,(H,24,28)(H2,23,25,26). The Labute approximate surface area is 173 Å². The van der Waals surface area contributed by atoms with Gasteiger partial charge in [-0.05, 0) is 49.5 Å². The van der Waals surface area contributed by atoms with Gasteiger partial charge in [-0.2, -0.15) is 0 Å². The minimum Gasteiger partial charge on any atom is -0.497 e. The van der Waals surface area contributed by atoms with E-state index in [0.29, 0.717) is 31.2 Å². The third-order valence-electron chi connectivity index (χ3n) is 4.31. The predicted octanol–water partition coefficient (Wildman–Crippen LogP) is 1.85. The van der Waals surface area contributed by atoms with Crippen molar-refractivity contribution in [2.75, 3.05) is 41.3 Å². The summed E-state index contributed by atoms with van der Waals surface area (Å²) in [6.07, 6.45) is 0. The molecular weight excluding hydrogens is 366 g/mol. The van der Waals surface area contributed by atoms with E-state index in [-0.39, 0.29) is 5.91 Å². The number of hydrogen-bond donors (Lipinski definition) is 3. The smallest absolute Gasteiger partial charge is 0.251 e. The molecule has 2 aromatic rings. The van der Waals surface area contributed by atoms with Gasteiger partial charge in [0.1, 0.15) is 5.75 Å². The number of nitrogens with zero attached hydrogens (tertiary/aromatic N) is 2. The molecule has 0 unspecified atom stereocenters. The number of amides is 1. The third-order valence-corrected chi connectivity index (χ3v) is 4.31. The first-order valence-electron chi connectivity index (χ1n) is 9.61. The number of carbonyl (C=O) groups is 1. The van der Waals surface area contributed by atoms with Gasteiger partial charge in [0.15, 0.2) is 5.96 Å². The molecule has 156 valence electrons. The van der Waals surface area contributed by atoms with E-state index in [4.69, 9.17) is 4.74 Å². The fourth-order valence-corrected chi connectivity index (χ4v) is 2.69. The molecule has 0 atom stereocenters. The normalized spacial score (nSPS) is 11.3. The molecule has 2 rings (SSSR count). The molecule has 0 spiro atoms. The molecule has 2 aromatic carbocycles. The lowest BCUT2D eigenvalue weighted by Gasteiger charge is -2.13. The first-order chi connectivity index (χ1) is 14.0. The van der Waals surface area contributed by atoms with E-state index in [1.54, 1.807) is 14.2 Å². The van der Waals surface area contributed by atoms with Crippen LogP contribution in [0.5, 0.6) is 5.75 Å². The monoisotopic (exact) mass is 397 g/mol. The van der Waals surface area contributed by atoms with Gasteiger partial charge in [-0.3, -0.25) is 9.79 Å². The third kappa shape index (κ3) is 7.83. The lowest BCUT2D eigenvalue weighted by molar-refractivity contribution is 0.0951. The summed E-state index contributed by atoms with van der Waals surface area (Å²) in [6.45, 7) is 2.62. The summed E-state index contributed by atoms with van der Waals surface area (Å²) in [6, 6.07) is 15.5. The molecule has 0 bridgehead atoms. The van der Waals surface area contributed by atoms with Crippen LogP contribution in [0.15, 0.2) is 53.5 Å². The van der Waals surface area contributed by atoms with E-state index in [1.165, 1.54) is 0 Å². The number of methoxy groups -OCH3 is 1. The maximum atomic E-state index is 12.3. The van der Waals surface area contributed by atoms with Crippen LogP contribution in [0.25, 0.3) is 0 Å². The van der Waals surface area contributed by atoms with Crippen LogP contribution in [-0.2, 0) is 13.1 Å². The highest BCUT2D eigenvalue weighted by molar-refractivity contribution is 5.94. The second kappa shape index (κ2) is 11.7. The van der Waals surface area contributed by atoms with Crippen molar-refractivity contribution < 1.29 is 9.53 Å². The summed E-state index contributed by atoms with van der Waals surface area (Å²) >= 11 is 0. The molecule has 3 N–H and O–H groups in total. The molecule has 1 amide bonds. The van der Waals surface area contributed by atoms with Gasteiger partial charge >= 0.3 is 0 Å². The van der Waals surface area contributed by atoms with Gasteiger partial charge in [-0.15, -0.1) is 0 Å². The number of aliphatic imine (C=N–C) groups is 1. The van der Waals surface area contributed by atoms with Crippen LogP contribution in [-0.4, -0.2) is 58.1 Å². The molecular formula is C22H31N5O2. The molecule has 7 nitrogen and oxygen atoms in total. The Kier molecular flexibility index (Phi) is 8.98. The van der Waals surface area contributed by atoms with Gasteiger partial charge in [0, 0.05) is 38.8 Å². The van der Waals surface area contributed by atoms with Crippen molar-refractivity contribution in [2.45, 2.75) is 13.1 Å². The minimum absolute atomic E-state index is 0.0609. The Morgan fingerprint density at radius 2 is 1.66 bits per heavy atom. The molecule has 7 heteroatoms. The van der Waals surface area contributed by atoms with E-state index in [0.717, 1.165) is 23.4 Å². The molecule has 0 radical (unpaired) electrons. The Morgan fingerprint density at radius 1 is 1.00 bits per heavy atom. The SMILES string of the molecule is CN=C(NCc1cccc(OC)c1)NCc1cccc(C(=O)NCCN(C)C)c1. The van der Waals surface area contributed by atoms with Crippen LogP contribution in [0.1, 0.15) is 21.5 Å². The number of likely N-dealkylation sites (N-methyl/N-ethyl adjacent to an activating group) is 1. The van der Waals surface area contributed by atoms with Crippen LogP contribution in [0.4, 0.5) is 0 Å². The predicted molar refractivity (Wildman–Crippen MR) is 117 cm³/mol. The van der Waals surface area contributed by atoms with Gasteiger partial charge in [0.2, 0.25) is 0 Å². The zero-order valence-electron chi connectivity index (χ0n) is 17.7. The van der Waals surface area contributed by atoms with Crippen LogP contribution in [0, 0.1) is 0 Å². The summed E-state index contributed by atoms with van der Waals surface area (Å²) in [7, 11) is 7.35. The fraction of sp³-hybridized carbons (Fsp3) is 0.364. The lowest BCUT2D eigenvalue weighted by Crippen LogP contribution is -2.36. The Bertz CT molecular complexity index is 820. The van der Waals surface area contributed by atoms with Crippen molar-refractivity contribution >= 4 is 11.9 Å². The molecule has 0 saturated heterocycles. The molecule has 0 heterocycles. The van der Waals surface area contributed by atoms with Crippen molar-refractivity contribution in [3.05, 3.63) is 65.2 Å². The van der Waals surface area contributed by atoms with Crippen molar-refractivity contribution in [2.24, 2.45) is 4.99 Å². The van der Waals surface area contributed by atoms with Crippen LogP contribution in [0.3, 0.4) is 0 Å². The van der Waals surface area contributed by atoms with E-state index in [1.807, 2.05) is 67.5 Å². The molecule has 0 fully saturated rings. The highest BCUT2D eigenvalue weighted by Gasteiger charge is 2.06. The van der Waals surface area contributed by atoms with Crippen molar-refractivity contribution in [3.63, 3.8) is 0 Å². The van der Waals surface area contributed by atoms with Crippen LogP contribution >= 0.6 is 0 Å². The Hall–Kier alpha value is -3.06. The largest absolute Gasteiger partial charge is 0.497 e. The van der Waals surface area contributed by atoms with Gasteiger partial charge in [0.05, 0.1) is 7.11 Å². The number of guanidine groups is 1. The fourth-order valence-electron chi connectivity index (χ4n) is 2.69. The molecule has 0 aromatic heterocycles. The number of rotatable bonds is 9. The summed E-state index contributed by atoms with van der Waals surface area (Å²) in [5, 5.41) is 9.49. The summed E-state index contributed by atoms with van der Waals surface area (Å²) in [5.74, 6) is 1.45. The summed E-state index contributed by atoms with van der Waals surface area (Å²) in [4.78, 5) is 18.6. The number of ether oxygens (including phenoxy) is 1. The topological polar surface area (TPSA) is 78.0 Å². The van der Waals surface area contributed by atoms with Crippen LogP contribution < -0.4 is 20.7 Å². The molecule has 0 saturated carbocycles. The number of carbonyl (C=O) groups excluding carboxylic acids is 1. The molecule has 0 aliphatic heterocycles.